The van der Waals surface area contributed by atoms with Gasteiger partial charge in [0.25, 0.3) is 0 Å². The molecule has 1 atom stereocenters. The molecule has 102 valence electrons. The topological polar surface area (TPSA) is 0 Å². The molecule has 0 saturated carbocycles. The Balaban J connectivity index is 3.00. The Morgan fingerprint density at radius 1 is 1.00 bits per heavy atom. The van der Waals surface area contributed by atoms with E-state index in [-0.39, 0.29) is 0 Å². The zero-order chi connectivity index (χ0) is 13.7. The minimum absolute atomic E-state index is 0.490. The summed E-state index contributed by atoms with van der Waals surface area (Å²) in [5.41, 5.74) is 4.17. The number of benzene rings is 1. The first kappa shape index (κ1) is 16.2. The number of rotatable bonds is 6. The van der Waals surface area contributed by atoms with Crippen LogP contribution in [0.15, 0.2) is 16.6 Å². The highest BCUT2D eigenvalue weighted by molar-refractivity contribution is 9.10. The van der Waals surface area contributed by atoms with Gasteiger partial charge in [0.2, 0.25) is 0 Å². The molecule has 1 rings (SSSR count). The van der Waals surface area contributed by atoms with Gasteiger partial charge in [-0.05, 0) is 55.4 Å². The average Bonchev–Trinajstić information content (AvgIpc) is 2.33. The first-order valence-electron chi connectivity index (χ1n) is 6.91. The number of alkyl halides is 1. The van der Waals surface area contributed by atoms with Crippen molar-refractivity contribution < 1.29 is 0 Å². The van der Waals surface area contributed by atoms with Crippen LogP contribution in [-0.4, -0.2) is 0 Å². The van der Waals surface area contributed by atoms with Crippen LogP contribution in [0.25, 0.3) is 0 Å². The van der Waals surface area contributed by atoms with Crippen molar-refractivity contribution in [2.45, 2.75) is 58.2 Å². The summed E-state index contributed by atoms with van der Waals surface area (Å²) in [7, 11) is 0. The van der Waals surface area contributed by atoms with Gasteiger partial charge in [-0.2, -0.15) is 0 Å². The van der Waals surface area contributed by atoms with Crippen LogP contribution in [0.1, 0.15) is 61.0 Å². The summed E-state index contributed by atoms with van der Waals surface area (Å²) >= 11 is 7.56. The molecule has 0 radical (unpaired) electrons. The lowest BCUT2D eigenvalue weighted by atomic mass is 9.88. The maximum absolute atomic E-state index is 3.95. The maximum Gasteiger partial charge on any atom is 0.0426 e. The molecule has 0 amide bonds. The molecule has 0 saturated heterocycles. The molecule has 0 N–H and O–H groups in total. The molecule has 0 bridgehead atoms. The Labute approximate surface area is 129 Å². The van der Waals surface area contributed by atoms with Crippen LogP contribution in [0.2, 0.25) is 0 Å². The predicted octanol–water partition coefficient (Wildman–Crippen LogP) is 6.72. The largest absolute Gasteiger partial charge is 0.0836 e. The molecular weight excluding hydrogens is 352 g/mol. The summed E-state index contributed by atoms with van der Waals surface area (Å²) in [5.74, 6) is 0.749. The zero-order valence-electron chi connectivity index (χ0n) is 11.9. The van der Waals surface area contributed by atoms with Crippen LogP contribution < -0.4 is 0 Å². The van der Waals surface area contributed by atoms with Crippen molar-refractivity contribution in [1.29, 1.82) is 0 Å². The van der Waals surface area contributed by atoms with Crippen molar-refractivity contribution in [1.82, 2.24) is 0 Å². The van der Waals surface area contributed by atoms with Crippen LogP contribution in [0.5, 0.6) is 0 Å². The molecule has 0 spiro atoms. The quantitative estimate of drug-likeness (QED) is 0.484. The van der Waals surface area contributed by atoms with Crippen molar-refractivity contribution in [3.63, 3.8) is 0 Å². The van der Waals surface area contributed by atoms with Crippen LogP contribution in [-0.2, 0) is 0 Å². The van der Waals surface area contributed by atoms with Gasteiger partial charge >= 0.3 is 0 Å². The van der Waals surface area contributed by atoms with Crippen molar-refractivity contribution >= 4 is 31.9 Å². The SMILES string of the molecule is CCCC(CCC)C(Br)c1cc(C)c(Br)cc1C. The third-order valence-corrected chi connectivity index (χ3v) is 5.67. The van der Waals surface area contributed by atoms with E-state index in [9.17, 15) is 0 Å². The van der Waals surface area contributed by atoms with Gasteiger partial charge in [-0.1, -0.05) is 64.6 Å². The minimum atomic E-state index is 0.490. The first-order chi connectivity index (χ1) is 8.51. The average molecular weight is 376 g/mol. The highest BCUT2D eigenvalue weighted by Crippen LogP contribution is 2.39. The van der Waals surface area contributed by atoms with Crippen molar-refractivity contribution in [3.05, 3.63) is 33.3 Å². The van der Waals surface area contributed by atoms with Crippen LogP contribution in [0.3, 0.4) is 0 Å². The van der Waals surface area contributed by atoms with E-state index in [1.165, 1.54) is 46.8 Å². The first-order valence-corrected chi connectivity index (χ1v) is 8.62. The summed E-state index contributed by atoms with van der Waals surface area (Å²) in [6.07, 6.45) is 5.14. The number of halogens is 2. The standard InChI is InChI=1S/C16H24Br2/c1-5-7-13(8-6-2)16(18)14-9-12(4)15(17)10-11(14)3/h9-10,13,16H,5-8H2,1-4H3. The Hall–Kier alpha value is 0.180. The van der Waals surface area contributed by atoms with Gasteiger partial charge in [-0.15, -0.1) is 0 Å². The van der Waals surface area contributed by atoms with Gasteiger partial charge in [-0.25, -0.2) is 0 Å². The van der Waals surface area contributed by atoms with Crippen molar-refractivity contribution in [3.8, 4) is 0 Å². The second-order valence-corrected chi connectivity index (χ2v) is 7.04. The zero-order valence-corrected chi connectivity index (χ0v) is 15.1. The van der Waals surface area contributed by atoms with E-state index in [0.29, 0.717) is 4.83 Å². The van der Waals surface area contributed by atoms with E-state index < -0.39 is 0 Å². The molecule has 2 heteroatoms. The fourth-order valence-corrected chi connectivity index (χ4v) is 4.01. The van der Waals surface area contributed by atoms with Crippen molar-refractivity contribution in [2.24, 2.45) is 5.92 Å². The molecule has 0 nitrogen and oxygen atoms in total. The molecule has 0 fully saturated rings. The van der Waals surface area contributed by atoms with E-state index in [1.807, 2.05) is 0 Å². The highest BCUT2D eigenvalue weighted by atomic mass is 79.9. The molecule has 0 aliphatic heterocycles. The maximum atomic E-state index is 3.95. The fraction of sp³-hybridized carbons (Fsp3) is 0.625. The third-order valence-electron chi connectivity index (χ3n) is 3.58. The molecule has 1 aromatic carbocycles. The fourth-order valence-electron chi connectivity index (χ4n) is 2.53. The van der Waals surface area contributed by atoms with E-state index >= 15 is 0 Å². The molecule has 1 aromatic rings. The van der Waals surface area contributed by atoms with E-state index in [1.54, 1.807) is 0 Å². The summed E-state index contributed by atoms with van der Waals surface area (Å²) in [4.78, 5) is 0.490. The highest BCUT2D eigenvalue weighted by Gasteiger charge is 2.21. The van der Waals surface area contributed by atoms with Crippen LogP contribution in [0.4, 0.5) is 0 Å². The monoisotopic (exact) mass is 374 g/mol. The molecule has 1 unspecified atom stereocenters. The Morgan fingerprint density at radius 2 is 1.56 bits per heavy atom. The lowest BCUT2D eigenvalue weighted by Crippen LogP contribution is -2.09. The third kappa shape index (κ3) is 4.09. The van der Waals surface area contributed by atoms with Gasteiger partial charge < -0.3 is 0 Å². The second kappa shape index (κ2) is 7.69. The summed E-state index contributed by atoms with van der Waals surface area (Å²) < 4.78 is 1.21. The predicted molar refractivity (Wildman–Crippen MR) is 88.6 cm³/mol. The lowest BCUT2D eigenvalue weighted by molar-refractivity contribution is 0.434. The lowest BCUT2D eigenvalue weighted by Gasteiger charge is -2.24. The number of hydrogen-bond donors (Lipinski definition) is 0. The Morgan fingerprint density at radius 3 is 2.06 bits per heavy atom. The van der Waals surface area contributed by atoms with Gasteiger partial charge in [0.05, 0.1) is 0 Å². The Bertz CT molecular complexity index is 379. The van der Waals surface area contributed by atoms with Gasteiger partial charge in [-0.3, -0.25) is 0 Å². The normalized spacial score (nSPS) is 13.1. The molecule has 0 aromatic heterocycles. The molecule has 0 aliphatic rings. The van der Waals surface area contributed by atoms with Gasteiger partial charge in [0.1, 0.15) is 0 Å². The number of hydrogen-bond acceptors (Lipinski definition) is 0. The van der Waals surface area contributed by atoms with Gasteiger partial charge in [0.15, 0.2) is 0 Å². The number of aryl methyl sites for hydroxylation is 2. The summed E-state index contributed by atoms with van der Waals surface area (Å²) in [6.45, 7) is 8.94. The minimum Gasteiger partial charge on any atom is -0.0836 e. The molecule has 18 heavy (non-hydrogen) atoms. The van der Waals surface area contributed by atoms with Crippen molar-refractivity contribution in [2.75, 3.05) is 0 Å². The molecular formula is C16H24Br2. The van der Waals surface area contributed by atoms with Gasteiger partial charge in [0, 0.05) is 9.30 Å². The smallest absolute Gasteiger partial charge is 0.0426 e. The molecule has 0 aliphatic carbocycles. The second-order valence-electron chi connectivity index (χ2n) is 5.20. The van der Waals surface area contributed by atoms with E-state index in [4.69, 9.17) is 0 Å². The summed E-state index contributed by atoms with van der Waals surface area (Å²) in [5, 5.41) is 0. The van der Waals surface area contributed by atoms with Crippen LogP contribution in [0, 0.1) is 19.8 Å². The summed E-state index contributed by atoms with van der Waals surface area (Å²) in [6, 6.07) is 4.57. The van der Waals surface area contributed by atoms with Crippen LogP contribution >= 0.6 is 31.9 Å². The van der Waals surface area contributed by atoms with E-state index in [2.05, 4.69) is 71.7 Å². The molecule has 0 heterocycles. The van der Waals surface area contributed by atoms with E-state index in [0.717, 1.165) is 5.92 Å². The Kier molecular flexibility index (Phi) is 6.94.